The molecule has 1 fully saturated rings. The molecule has 1 saturated heterocycles. The summed E-state index contributed by atoms with van der Waals surface area (Å²) >= 11 is 0.705. The highest BCUT2D eigenvalue weighted by molar-refractivity contribution is 7.14. The van der Waals surface area contributed by atoms with E-state index in [0.717, 1.165) is 13.2 Å². The highest BCUT2D eigenvalue weighted by Crippen LogP contribution is 2.50. The van der Waals surface area contributed by atoms with Crippen LogP contribution in [0.2, 0.25) is 0 Å². The molecule has 0 radical (unpaired) electrons. The Balaban J connectivity index is 1.50. The first-order chi connectivity index (χ1) is 21.3. The molecule has 1 amide bonds. The number of halogens is 3. The number of fused-ring (bicyclic) bond motifs is 7. The van der Waals surface area contributed by atoms with E-state index in [4.69, 9.17) is 14.2 Å². The van der Waals surface area contributed by atoms with Crippen LogP contribution in [0.15, 0.2) is 53.5 Å². The van der Waals surface area contributed by atoms with Crippen molar-refractivity contribution in [1.82, 2.24) is 14.6 Å². The molecular formula is C29H21F3N4O7S. The third kappa shape index (κ3) is 4.22. The van der Waals surface area contributed by atoms with Crippen LogP contribution in [0.1, 0.15) is 27.7 Å². The molecule has 2 aliphatic heterocycles. The monoisotopic (exact) mass is 626 g/mol. The Morgan fingerprint density at radius 3 is 2.75 bits per heavy atom. The van der Waals surface area contributed by atoms with Crippen molar-refractivity contribution < 1.29 is 41.7 Å². The summed E-state index contributed by atoms with van der Waals surface area (Å²) in [5.74, 6) is -3.31. The smallest absolute Gasteiger partial charge is 0.451 e. The minimum atomic E-state index is -1.21. The topological polar surface area (TPSA) is 112 Å². The highest BCUT2D eigenvalue weighted by Gasteiger charge is 2.47. The molecule has 2 atom stereocenters. The van der Waals surface area contributed by atoms with E-state index in [0.29, 0.717) is 27.3 Å². The Bertz CT molecular complexity index is 1900. The second-order valence-corrected chi connectivity index (χ2v) is 10.9. The lowest BCUT2D eigenvalue weighted by Gasteiger charge is -2.51. The van der Waals surface area contributed by atoms with Gasteiger partial charge in [-0.15, -0.1) is 0 Å². The molecule has 0 N–H and O–H groups in total. The van der Waals surface area contributed by atoms with Gasteiger partial charge in [-0.25, -0.2) is 18.6 Å². The second kappa shape index (κ2) is 10.7. The average molecular weight is 627 g/mol. The van der Waals surface area contributed by atoms with Crippen LogP contribution in [0.4, 0.5) is 18.0 Å². The number of hydrogen-bond donors (Lipinski definition) is 0. The van der Waals surface area contributed by atoms with Crippen LogP contribution in [-0.2, 0) is 14.2 Å². The van der Waals surface area contributed by atoms with Crippen LogP contribution in [0, 0.1) is 16.9 Å². The van der Waals surface area contributed by atoms with E-state index in [1.165, 1.54) is 27.9 Å². The normalized spacial score (nSPS) is 18.3. The zero-order valence-electron chi connectivity index (χ0n) is 22.8. The van der Waals surface area contributed by atoms with E-state index in [1.807, 2.05) is 0 Å². The maximum atomic E-state index is 15.8. The van der Waals surface area contributed by atoms with Crippen LogP contribution >= 0.6 is 11.3 Å². The Hall–Kier alpha value is -4.89. The first-order valence-electron chi connectivity index (χ1n) is 13.3. The van der Waals surface area contributed by atoms with Gasteiger partial charge in [0.15, 0.2) is 17.3 Å². The zero-order chi connectivity index (χ0) is 30.7. The van der Waals surface area contributed by atoms with Crippen LogP contribution in [0.5, 0.6) is 5.75 Å². The number of amides is 1. The molecule has 226 valence electrons. The molecule has 0 spiro atoms. The number of carbonyl (C=O) groups is 2. The number of pyridine rings is 1. The second-order valence-electron chi connectivity index (χ2n) is 9.96. The Kier molecular flexibility index (Phi) is 6.77. The predicted octanol–water partition coefficient (Wildman–Crippen LogP) is 4.03. The van der Waals surface area contributed by atoms with Crippen LogP contribution in [0.25, 0.3) is 21.7 Å². The van der Waals surface area contributed by atoms with Crippen molar-refractivity contribution in [3.05, 3.63) is 92.6 Å². The van der Waals surface area contributed by atoms with Gasteiger partial charge in [0.05, 0.1) is 36.9 Å². The quantitative estimate of drug-likeness (QED) is 0.245. The number of carbonyl (C=O) groups excluding carboxylic acids is 2. The van der Waals surface area contributed by atoms with E-state index in [9.17, 15) is 23.2 Å². The summed E-state index contributed by atoms with van der Waals surface area (Å²) < 4.78 is 67.2. The van der Waals surface area contributed by atoms with Gasteiger partial charge in [0.1, 0.15) is 6.17 Å². The Morgan fingerprint density at radius 2 is 1.93 bits per heavy atom. The Labute approximate surface area is 250 Å². The van der Waals surface area contributed by atoms with Crippen LogP contribution < -0.4 is 15.2 Å². The largest absolute Gasteiger partial charge is 0.510 e. The van der Waals surface area contributed by atoms with Crippen molar-refractivity contribution in [2.45, 2.75) is 12.2 Å². The predicted molar refractivity (Wildman–Crippen MR) is 148 cm³/mol. The lowest BCUT2D eigenvalue weighted by molar-refractivity contribution is -0.0208. The minimum Gasteiger partial charge on any atom is -0.451 e. The maximum absolute atomic E-state index is 15.8. The first-order valence-corrected chi connectivity index (χ1v) is 14.1. The number of nitrogens with zero attached hydrogens (tertiary/aromatic N) is 4. The number of benzene rings is 2. The fraction of sp³-hybridized carbons (Fsp3) is 0.241. The van der Waals surface area contributed by atoms with Crippen molar-refractivity contribution in [2.24, 2.45) is 0 Å². The summed E-state index contributed by atoms with van der Waals surface area (Å²) in [6.07, 6.45) is -0.476. The summed E-state index contributed by atoms with van der Waals surface area (Å²) in [6.45, 7) is -0.353. The number of hydrogen-bond acceptors (Lipinski definition) is 10. The van der Waals surface area contributed by atoms with Gasteiger partial charge >= 0.3 is 6.16 Å². The van der Waals surface area contributed by atoms with Gasteiger partial charge in [-0.1, -0.05) is 41.7 Å². The summed E-state index contributed by atoms with van der Waals surface area (Å²) in [6, 6.07) is 9.59. The van der Waals surface area contributed by atoms with Gasteiger partial charge in [-0.05, 0) is 22.8 Å². The van der Waals surface area contributed by atoms with E-state index >= 15 is 4.39 Å². The number of morpholine rings is 1. The molecule has 7 rings (SSSR count). The van der Waals surface area contributed by atoms with Gasteiger partial charge in [0.25, 0.3) is 11.2 Å². The van der Waals surface area contributed by atoms with Gasteiger partial charge in [0.2, 0.25) is 18.0 Å². The summed E-state index contributed by atoms with van der Waals surface area (Å²) in [5, 5.41) is 0.901. The van der Waals surface area contributed by atoms with E-state index in [2.05, 4.69) is 9.72 Å². The van der Waals surface area contributed by atoms with Crippen molar-refractivity contribution in [1.29, 1.82) is 0 Å². The molecule has 15 heteroatoms. The van der Waals surface area contributed by atoms with Gasteiger partial charge in [-0.2, -0.15) is 4.39 Å². The van der Waals surface area contributed by atoms with Crippen molar-refractivity contribution >= 4 is 23.4 Å². The third-order valence-corrected chi connectivity index (χ3v) is 8.60. The maximum Gasteiger partial charge on any atom is 0.510 e. The third-order valence-electron chi connectivity index (χ3n) is 7.73. The van der Waals surface area contributed by atoms with E-state index in [-0.39, 0.29) is 42.3 Å². The molecule has 0 saturated carbocycles. The Morgan fingerprint density at radius 1 is 1.11 bits per heavy atom. The van der Waals surface area contributed by atoms with Gasteiger partial charge in [-0.3, -0.25) is 19.3 Å². The number of rotatable bonds is 4. The lowest BCUT2D eigenvalue weighted by atomic mass is 9.92. The molecular weight excluding hydrogens is 605 g/mol. The first kappa shape index (κ1) is 27.9. The fourth-order valence-electron chi connectivity index (χ4n) is 5.93. The van der Waals surface area contributed by atoms with Crippen molar-refractivity contribution in [2.75, 3.05) is 38.7 Å². The SMILES string of the molecule is COC(=O)OCOc1c2n(ccc1=O)N([C@@H]1c3ccccc3-c3sc(F)nc3-c3c1ccc(F)c3F)[C@@H]1COCCN1C2=O. The van der Waals surface area contributed by atoms with Crippen molar-refractivity contribution in [3.63, 3.8) is 0 Å². The number of methoxy groups -OCH3 is 1. The number of thiazole rings is 1. The standard InChI is InChI=1S/C29H21F3N4O7S/c1-40-29(39)43-13-42-25-18(37)8-9-35-24(25)27(38)34-10-11-41-12-19(34)36(35)23-14-4-2-3-5-15(14)26-22(33-28(32)44-26)20-16(23)6-7-17(30)21(20)31/h2-9,19,23H,10-13H2,1H3/t19-,23-/m1/s1. The minimum absolute atomic E-state index is 0.0330. The molecule has 11 nitrogen and oxygen atoms in total. The van der Waals surface area contributed by atoms with E-state index in [1.54, 1.807) is 29.3 Å². The lowest BCUT2D eigenvalue weighted by Crippen LogP contribution is -2.66. The van der Waals surface area contributed by atoms with E-state index < -0.39 is 59.1 Å². The van der Waals surface area contributed by atoms with Crippen LogP contribution in [-0.4, -0.2) is 66.4 Å². The number of ether oxygens (including phenoxy) is 4. The highest BCUT2D eigenvalue weighted by atomic mass is 32.1. The van der Waals surface area contributed by atoms with Crippen molar-refractivity contribution in [3.8, 4) is 27.4 Å². The average Bonchev–Trinajstić information content (AvgIpc) is 3.37. The van der Waals surface area contributed by atoms with Crippen LogP contribution in [0.3, 0.4) is 0 Å². The molecule has 1 aliphatic carbocycles. The molecule has 0 bridgehead atoms. The molecule has 44 heavy (non-hydrogen) atoms. The van der Waals surface area contributed by atoms with Gasteiger partial charge in [0, 0.05) is 24.4 Å². The summed E-state index contributed by atoms with van der Waals surface area (Å²) in [5.41, 5.74) is 0.200. The molecule has 2 aromatic heterocycles. The molecule has 0 unspecified atom stereocenters. The zero-order valence-corrected chi connectivity index (χ0v) is 23.6. The molecule has 2 aromatic carbocycles. The molecule has 4 heterocycles. The fourth-order valence-corrected chi connectivity index (χ4v) is 6.78. The van der Waals surface area contributed by atoms with Gasteiger partial charge < -0.3 is 23.8 Å². The molecule has 3 aliphatic rings. The molecule has 4 aromatic rings. The summed E-state index contributed by atoms with van der Waals surface area (Å²) in [7, 11) is 1.10. The number of aromatic nitrogens is 2. The summed E-state index contributed by atoms with van der Waals surface area (Å²) in [4.78, 5) is 44.3.